The van der Waals surface area contributed by atoms with Crippen LogP contribution < -0.4 is 5.32 Å². The van der Waals surface area contributed by atoms with Gasteiger partial charge in [-0.25, -0.2) is 0 Å². The molecule has 9 heavy (non-hydrogen) atoms. The monoisotopic (exact) mass is 189 g/mol. The maximum absolute atomic E-state index is 4.99. The maximum atomic E-state index is 4.99. The predicted molar refractivity (Wildman–Crippen MR) is 39.2 cm³/mol. The van der Waals surface area contributed by atoms with Crippen molar-refractivity contribution in [1.82, 2.24) is 5.32 Å². The molecule has 0 spiro atoms. The van der Waals surface area contributed by atoms with Gasteiger partial charge in [0.2, 0.25) is 0 Å². The number of hydrogen-bond donors (Lipinski definition) is 1. The molecule has 0 amide bonds. The molecule has 0 radical (unpaired) electrons. The normalized spacial score (nSPS) is 10.0. The van der Waals surface area contributed by atoms with Crippen LogP contribution in [0.15, 0.2) is 21.4 Å². The van der Waals surface area contributed by atoms with E-state index in [1.54, 1.807) is 6.26 Å². The summed E-state index contributed by atoms with van der Waals surface area (Å²) in [6.45, 7) is 0.844. The van der Waals surface area contributed by atoms with E-state index in [4.69, 9.17) is 4.42 Å². The molecule has 0 aliphatic heterocycles. The first-order valence-corrected chi connectivity index (χ1v) is 3.50. The molecule has 1 aromatic rings. The first-order chi connectivity index (χ1) is 4.34. The summed E-state index contributed by atoms with van der Waals surface area (Å²) in [6, 6.07) is 1.93. The highest BCUT2D eigenvalue weighted by Gasteiger charge is 1.98. The second kappa shape index (κ2) is 3.03. The van der Waals surface area contributed by atoms with E-state index in [2.05, 4.69) is 21.2 Å². The molecule has 0 bridgehead atoms. The summed E-state index contributed by atoms with van der Waals surface area (Å²) in [7, 11) is 1.90. The Balaban J connectivity index is 2.69. The summed E-state index contributed by atoms with van der Waals surface area (Å²) in [5.41, 5.74) is 1.15. The summed E-state index contributed by atoms with van der Waals surface area (Å²) in [6.07, 6.45) is 1.66. The van der Waals surface area contributed by atoms with Crippen molar-refractivity contribution in [3.05, 3.63) is 22.6 Å². The van der Waals surface area contributed by atoms with Crippen LogP contribution in [0.3, 0.4) is 0 Å². The fraction of sp³-hybridized carbons (Fsp3) is 0.333. The molecule has 1 aromatic heterocycles. The van der Waals surface area contributed by atoms with Crippen LogP contribution in [0.1, 0.15) is 5.56 Å². The zero-order chi connectivity index (χ0) is 6.69. The first-order valence-electron chi connectivity index (χ1n) is 2.71. The first kappa shape index (κ1) is 6.83. The molecule has 0 aliphatic carbocycles. The van der Waals surface area contributed by atoms with Crippen LogP contribution in [-0.2, 0) is 6.54 Å². The highest BCUT2D eigenvalue weighted by atomic mass is 79.9. The van der Waals surface area contributed by atoms with Crippen LogP contribution in [0.2, 0.25) is 0 Å². The third-order valence-electron chi connectivity index (χ3n) is 1.06. The van der Waals surface area contributed by atoms with Crippen LogP contribution in [0.25, 0.3) is 0 Å². The molecule has 0 saturated carbocycles. The quantitative estimate of drug-likeness (QED) is 0.768. The Hall–Kier alpha value is -0.280. The van der Waals surface area contributed by atoms with Gasteiger partial charge >= 0.3 is 0 Å². The fourth-order valence-electron chi connectivity index (χ4n) is 0.636. The van der Waals surface area contributed by atoms with Crippen molar-refractivity contribution in [3.8, 4) is 0 Å². The van der Waals surface area contributed by atoms with Gasteiger partial charge in [0.1, 0.15) is 0 Å². The molecule has 0 fully saturated rings. The SMILES string of the molecule is CNCc1ccoc1Br. The fourth-order valence-corrected chi connectivity index (χ4v) is 1.02. The molecular weight excluding hydrogens is 182 g/mol. The van der Waals surface area contributed by atoms with Gasteiger partial charge in [-0.15, -0.1) is 0 Å². The Bertz CT molecular complexity index is 185. The van der Waals surface area contributed by atoms with Crippen molar-refractivity contribution in [2.24, 2.45) is 0 Å². The zero-order valence-corrected chi connectivity index (χ0v) is 6.73. The van der Waals surface area contributed by atoms with Crippen molar-refractivity contribution in [1.29, 1.82) is 0 Å². The van der Waals surface area contributed by atoms with Gasteiger partial charge in [0.05, 0.1) is 6.26 Å². The van der Waals surface area contributed by atoms with E-state index in [1.165, 1.54) is 0 Å². The summed E-state index contributed by atoms with van der Waals surface area (Å²) in [5, 5.41) is 3.02. The molecule has 1 N–H and O–H groups in total. The van der Waals surface area contributed by atoms with Gasteiger partial charge in [-0.05, 0) is 29.0 Å². The van der Waals surface area contributed by atoms with Gasteiger partial charge in [-0.2, -0.15) is 0 Å². The molecule has 0 saturated heterocycles. The minimum atomic E-state index is 0.817. The van der Waals surface area contributed by atoms with Crippen molar-refractivity contribution in [3.63, 3.8) is 0 Å². The number of furan rings is 1. The summed E-state index contributed by atoms with van der Waals surface area (Å²) in [5.74, 6) is 0. The second-order valence-electron chi connectivity index (χ2n) is 1.75. The minimum Gasteiger partial charge on any atom is -0.457 e. The molecule has 50 valence electrons. The number of hydrogen-bond acceptors (Lipinski definition) is 2. The maximum Gasteiger partial charge on any atom is 0.173 e. The molecular formula is C6H8BrNO. The third-order valence-corrected chi connectivity index (χ3v) is 1.76. The Morgan fingerprint density at radius 2 is 2.56 bits per heavy atom. The number of nitrogens with one attached hydrogen (secondary N) is 1. The van der Waals surface area contributed by atoms with Crippen molar-refractivity contribution in [2.45, 2.75) is 6.54 Å². The van der Waals surface area contributed by atoms with E-state index in [0.29, 0.717) is 0 Å². The summed E-state index contributed by atoms with van der Waals surface area (Å²) < 4.78 is 5.81. The standard InChI is InChI=1S/C6H8BrNO/c1-8-4-5-2-3-9-6(5)7/h2-3,8H,4H2,1H3. The van der Waals surface area contributed by atoms with Gasteiger partial charge in [-0.1, -0.05) is 0 Å². The number of rotatable bonds is 2. The lowest BCUT2D eigenvalue weighted by Crippen LogP contribution is -2.03. The van der Waals surface area contributed by atoms with Gasteiger partial charge in [-0.3, -0.25) is 0 Å². The van der Waals surface area contributed by atoms with E-state index in [9.17, 15) is 0 Å². The van der Waals surface area contributed by atoms with Crippen LogP contribution in [0, 0.1) is 0 Å². The van der Waals surface area contributed by atoms with Gasteiger partial charge in [0, 0.05) is 12.1 Å². The third kappa shape index (κ3) is 1.56. The van der Waals surface area contributed by atoms with Gasteiger partial charge < -0.3 is 9.73 Å². The average Bonchev–Trinajstić information content (AvgIpc) is 2.18. The van der Waals surface area contributed by atoms with E-state index in [1.807, 2.05) is 13.1 Å². The Labute approximate surface area is 62.4 Å². The summed E-state index contributed by atoms with van der Waals surface area (Å²) >= 11 is 3.26. The van der Waals surface area contributed by atoms with Gasteiger partial charge in [0.25, 0.3) is 0 Å². The highest BCUT2D eigenvalue weighted by Crippen LogP contribution is 2.16. The summed E-state index contributed by atoms with van der Waals surface area (Å²) in [4.78, 5) is 0. The molecule has 3 heteroatoms. The smallest absolute Gasteiger partial charge is 0.173 e. The van der Waals surface area contributed by atoms with E-state index >= 15 is 0 Å². The topological polar surface area (TPSA) is 25.2 Å². The lowest BCUT2D eigenvalue weighted by molar-refractivity contribution is 0.535. The van der Waals surface area contributed by atoms with E-state index < -0.39 is 0 Å². The van der Waals surface area contributed by atoms with Crippen LogP contribution in [0.5, 0.6) is 0 Å². The Morgan fingerprint density at radius 1 is 1.78 bits per heavy atom. The second-order valence-corrected chi connectivity index (χ2v) is 2.47. The van der Waals surface area contributed by atoms with Gasteiger partial charge in [0.15, 0.2) is 4.67 Å². The van der Waals surface area contributed by atoms with Crippen molar-refractivity contribution < 1.29 is 4.42 Å². The van der Waals surface area contributed by atoms with Crippen LogP contribution >= 0.6 is 15.9 Å². The molecule has 2 nitrogen and oxygen atoms in total. The van der Waals surface area contributed by atoms with E-state index in [0.717, 1.165) is 16.8 Å². The van der Waals surface area contributed by atoms with Crippen LogP contribution in [-0.4, -0.2) is 7.05 Å². The van der Waals surface area contributed by atoms with Crippen LogP contribution in [0.4, 0.5) is 0 Å². The molecule has 1 heterocycles. The Morgan fingerprint density at radius 3 is 3.00 bits per heavy atom. The lowest BCUT2D eigenvalue weighted by atomic mass is 10.3. The molecule has 0 atom stereocenters. The molecule has 0 aliphatic rings. The minimum absolute atomic E-state index is 0.817. The Kier molecular flexibility index (Phi) is 2.30. The van der Waals surface area contributed by atoms with E-state index in [-0.39, 0.29) is 0 Å². The largest absolute Gasteiger partial charge is 0.457 e. The van der Waals surface area contributed by atoms with Crippen molar-refractivity contribution >= 4 is 15.9 Å². The molecule has 1 rings (SSSR count). The highest BCUT2D eigenvalue weighted by molar-refractivity contribution is 9.10. The number of halogens is 1. The lowest BCUT2D eigenvalue weighted by Gasteiger charge is -1.92. The predicted octanol–water partition coefficient (Wildman–Crippen LogP) is 1.76. The van der Waals surface area contributed by atoms with Crippen molar-refractivity contribution in [2.75, 3.05) is 7.05 Å². The zero-order valence-electron chi connectivity index (χ0n) is 5.15. The average molecular weight is 190 g/mol. The molecule has 0 aromatic carbocycles. The molecule has 0 unspecified atom stereocenters.